The topological polar surface area (TPSA) is 52.6 Å². The molecule has 0 aliphatic carbocycles. The van der Waals surface area contributed by atoms with Crippen LogP contribution in [-0.2, 0) is 4.79 Å². The van der Waals surface area contributed by atoms with Crippen molar-refractivity contribution in [2.75, 3.05) is 26.2 Å². The molecule has 1 rings (SSSR count). The Morgan fingerprint density at radius 2 is 2.50 bits per heavy atom. The molecule has 0 bridgehead atoms. The first-order chi connectivity index (χ1) is 5.68. The number of amides is 1. The molecule has 0 spiro atoms. The zero-order valence-electron chi connectivity index (χ0n) is 7.05. The fourth-order valence-corrected chi connectivity index (χ4v) is 1.26. The fraction of sp³-hybridized carbons (Fsp3) is 0.625. The predicted molar refractivity (Wildman–Crippen MR) is 45.8 cm³/mol. The summed E-state index contributed by atoms with van der Waals surface area (Å²) in [5.74, 6) is 0.137. The van der Waals surface area contributed by atoms with E-state index in [9.17, 15) is 4.79 Å². The highest BCUT2D eigenvalue weighted by atomic mass is 16.3. The van der Waals surface area contributed by atoms with Crippen LogP contribution in [0.25, 0.3) is 0 Å². The zero-order valence-corrected chi connectivity index (χ0v) is 7.05. The van der Waals surface area contributed by atoms with Crippen LogP contribution in [0.15, 0.2) is 12.3 Å². The van der Waals surface area contributed by atoms with Crippen LogP contribution in [0.2, 0.25) is 0 Å². The van der Waals surface area contributed by atoms with Crippen molar-refractivity contribution < 1.29 is 9.90 Å². The van der Waals surface area contributed by atoms with Crippen LogP contribution in [0.5, 0.6) is 0 Å². The summed E-state index contributed by atoms with van der Waals surface area (Å²) in [6, 6.07) is 0. The van der Waals surface area contributed by atoms with E-state index in [0.717, 1.165) is 19.5 Å². The van der Waals surface area contributed by atoms with Gasteiger partial charge in [0.25, 0.3) is 0 Å². The minimum Gasteiger partial charge on any atom is -0.512 e. The summed E-state index contributed by atoms with van der Waals surface area (Å²) in [5.41, 5.74) is 0. The second-order valence-corrected chi connectivity index (χ2v) is 2.98. The molecular weight excluding hydrogens is 156 g/mol. The Hall–Kier alpha value is -1.03. The minimum atomic E-state index is 0.0220. The third kappa shape index (κ3) is 2.92. The highest BCUT2D eigenvalue weighted by Gasteiger charge is 2.14. The Bertz CT molecular complexity index is 191. The average molecular weight is 170 g/mol. The molecule has 0 aromatic heterocycles. The van der Waals surface area contributed by atoms with E-state index in [-0.39, 0.29) is 11.7 Å². The molecule has 0 atom stereocenters. The van der Waals surface area contributed by atoms with Crippen molar-refractivity contribution in [2.24, 2.45) is 0 Å². The molecule has 2 N–H and O–H groups in total. The largest absolute Gasteiger partial charge is 0.512 e. The predicted octanol–water partition coefficient (Wildman–Crippen LogP) is -0.120. The molecule has 1 aliphatic heterocycles. The molecule has 0 radical (unpaired) electrons. The van der Waals surface area contributed by atoms with Gasteiger partial charge in [-0.2, -0.15) is 0 Å². The van der Waals surface area contributed by atoms with Crippen molar-refractivity contribution >= 4 is 5.91 Å². The van der Waals surface area contributed by atoms with Gasteiger partial charge in [0, 0.05) is 13.1 Å². The van der Waals surface area contributed by atoms with Gasteiger partial charge in [-0.15, -0.1) is 0 Å². The molecule has 1 heterocycles. The Morgan fingerprint density at radius 1 is 1.75 bits per heavy atom. The fourth-order valence-electron chi connectivity index (χ4n) is 1.26. The molecule has 4 heteroatoms. The Balaban J connectivity index is 2.41. The number of hydrogen-bond donors (Lipinski definition) is 2. The van der Waals surface area contributed by atoms with E-state index in [1.165, 1.54) is 0 Å². The second-order valence-electron chi connectivity index (χ2n) is 2.98. The molecule has 0 unspecified atom stereocenters. The molecule has 1 saturated heterocycles. The molecule has 0 saturated carbocycles. The summed E-state index contributed by atoms with van der Waals surface area (Å²) in [6.07, 6.45) is 0.930. The number of hydrogen-bond acceptors (Lipinski definition) is 3. The van der Waals surface area contributed by atoms with Gasteiger partial charge < -0.3 is 10.4 Å². The molecule has 1 fully saturated rings. The van der Waals surface area contributed by atoms with Crippen LogP contribution in [-0.4, -0.2) is 42.1 Å². The quantitative estimate of drug-likeness (QED) is 0.568. The van der Waals surface area contributed by atoms with E-state index in [1.807, 2.05) is 4.90 Å². The molecule has 68 valence electrons. The van der Waals surface area contributed by atoms with E-state index in [4.69, 9.17) is 5.11 Å². The molecule has 4 nitrogen and oxygen atoms in total. The second kappa shape index (κ2) is 4.11. The molecule has 1 amide bonds. The van der Waals surface area contributed by atoms with Gasteiger partial charge in [0.05, 0.1) is 18.8 Å². The summed E-state index contributed by atoms with van der Waals surface area (Å²) in [4.78, 5) is 12.9. The van der Waals surface area contributed by atoms with Crippen molar-refractivity contribution in [2.45, 2.75) is 6.42 Å². The number of nitrogens with zero attached hydrogens (tertiary/aromatic N) is 1. The summed E-state index contributed by atoms with van der Waals surface area (Å²) in [7, 11) is 0. The van der Waals surface area contributed by atoms with Gasteiger partial charge in [0.1, 0.15) is 0 Å². The van der Waals surface area contributed by atoms with Gasteiger partial charge in [-0.3, -0.25) is 9.69 Å². The van der Waals surface area contributed by atoms with Crippen LogP contribution >= 0.6 is 0 Å². The first kappa shape index (κ1) is 9.06. The lowest BCUT2D eigenvalue weighted by molar-refractivity contribution is -0.121. The van der Waals surface area contributed by atoms with Gasteiger partial charge in [0.2, 0.25) is 5.91 Å². The van der Waals surface area contributed by atoms with Crippen molar-refractivity contribution in [3.63, 3.8) is 0 Å². The zero-order chi connectivity index (χ0) is 8.97. The summed E-state index contributed by atoms with van der Waals surface area (Å²) in [5, 5.41) is 11.7. The van der Waals surface area contributed by atoms with E-state index >= 15 is 0 Å². The van der Waals surface area contributed by atoms with Crippen molar-refractivity contribution in [3.05, 3.63) is 12.3 Å². The number of rotatable bonds is 2. The van der Waals surface area contributed by atoms with Gasteiger partial charge in [-0.25, -0.2) is 0 Å². The molecule has 12 heavy (non-hydrogen) atoms. The van der Waals surface area contributed by atoms with Crippen LogP contribution in [0.4, 0.5) is 0 Å². The average Bonchev–Trinajstić information content (AvgIpc) is 2.12. The maximum Gasteiger partial charge on any atom is 0.234 e. The Kier molecular flexibility index (Phi) is 3.10. The molecule has 0 aromatic carbocycles. The SMILES string of the molecule is C=C(O)CN1CCCNC(=O)C1. The van der Waals surface area contributed by atoms with E-state index in [0.29, 0.717) is 13.1 Å². The molecule has 1 aliphatic rings. The maximum absolute atomic E-state index is 11.0. The molecule has 0 aromatic rings. The molecular formula is C8H14N2O2. The number of carbonyl (C=O) groups is 1. The third-order valence-electron chi connectivity index (χ3n) is 1.75. The summed E-state index contributed by atoms with van der Waals surface area (Å²) in [6.45, 7) is 5.71. The monoisotopic (exact) mass is 170 g/mol. The lowest BCUT2D eigenvalue weighted by Gasteiger charge is -2.16. The van der Waals surface area contributed by atoms with Crippen LogP contribution < -0.4 is 5.32 Å². The third-order valence-corrected chi connectivity index (χ3v) is 1.75. The van der Waals surface area contributed by atoms with Crippen molar-refractivity contribution in [1.29, 1.82) is 0 Å². The van der Waals surface area contributed by atoms with Crippen LogP contribution in [0, 0.1) is 0 Å². The van der Waals surface area contributed by atoms with E-state index in [2.05, 4.69) is 11.9 Å². The number of aliphatic hydroxyl groups excluding tert-OH is 1. The maximum atomic E-state index is 11.0. The lowest BCUT2D eigenvalue weighted by Crippen LogP contribution is -2.34. The van der Waals surface area contributed by atoms with E-state index < -0.39 is 0 Å². The van der Waals surface area contributed by atoms with Gasteiger partial charge in [-0.05, 0) is 6.42 Å². The van der Waals surface area contributed by atoms with Gasteiger partial charge >= 0.3 is 0 Å². The van der Waals surface area contributed by atoms with Crippen molar-refractivity contribution in [1.82, 2.24) is 10.2 Å². The van der Waals surface area contributed by atoms with Crippen LogP contribution in [0.3, 0.4) is 0 Å². The number of aliphatic hydroxyl groups is 1. The standard InChI is InChI=1S/C8H14N2O2/c1-7(11)5-10-4-2-3-9-8(12)6-10/h11H,1-6H2,(H,9,12). The minimum absolute atomic E-state index is 0.0220. The van der Waals surface area contributed by atoms with Gasteiger partial charge in [0.15, 0.2) is 0 Å². The van der Waals surface area contributed by atoms with Gasteiger partial charge in [-0.1, -0.05) is 6.58 Å². The highest BCUT2D eigenvalue weighted by Crippen LogP contribution is 1.98. The van der Waals surface area contributed by atoms with Crippen LogP contribution in [0.1, 0.15) is 6.42 Å². The first-order valence-electron chi connectivity index (χ1n) is 4.04. The van der Waals surface area contributed by atoms with E-state index in [1.54, 1.807) is 0 Å². The normalized spacial score (nSPS) is 19.8. The number of nitrogens with one attached hydrogen (secondary N) is 1. The highest BCUT2D eigenvalue weighted by molar-refractivity contribution is 5.78. The Morgan fingerprint density at radius 3 is 3.17 bits per heavy atom. The summed E-state index contributed by atoms with van der Waals surface area (Å²) < 4.78 is 0. The first-order valence-corrected chi connectivity index (χ1v) is 4.04. The van der Waals surface area contributed by atoms with Crippen molar-refractivity contribution in [3.8, 4) is 0 Å². The summed E-state index contributed by atoms with van der Waals surface area (Å²) >= 11 is 0. The smallest absolute Gasteiger partial charge is 0.234 e. The number of carbonyl (C=O) groups excluding carboxylic acids is 1. The Labute approximate surface area is 71.9 Å². The lowest BCUT2D eigenvalue weighted by atomic mass is 10.4.